The van der Waals surface area contributed by atoms with Gasteiger partial charge in [-0.25, -0.2) is 4.39 Å². The lowest BCUT2D eigenvalue weighted by Gasteiger charge is -2.20. The van der Waals surface area contributed by atoms with Crippen LogP contribution in [0.4, 0.5) is 4.39 Å². The summed E-state index contributed by atoms with van der Waals surface area (Å²) in [5.74, 6) is 0.256. The maximum Gasteiger partial charge on any atom is 0.149 e. The van der Waals surface area contributed by atoms with Crippen LogP contribution in [0.5, 0.6) is 0 Å². The maximum atomic E-state index is 15.3. The van der Waals surface area contributed by atoms with Crippen molar-refractivity contribution < 1.29 is 4.39 Å². The normalized spacial score (nSPS) is 16.2. The van der Waals surface area contributed by atoms with Crippen LogP contribution >= 0.6 is 11.6 Å². The number of halogens is 2. The minimum Gasteiger partial charge on any atom is -0.205 e. The van der Waals surface area contributed by atoms with Crippen LogP contribution in [-0.4, -0.2) is 0 Å². The number of hydrogen-bond acceptors (Lipinski definition) is 0. The third-order valence-electron chi connectivity index (χ3n) is 6.55. The van der Waals surface area contributed by atoms with Crippen LogP contribution in [0.3, 0.4) is 0 Å². The largest absolute Gasteiger partial charge is 0.205 e. The van der Waals surface area contributed by atoms with Gasteiger partial charge in [0.1, 0.15) is 5.82 Å². The Labute approximate surface area is 202 Å². The zero-order valence-electron chi connectivity index (χ0n) is 19.6. The summed E-state index contributed by atoms with van der Waals surface area (Å²) >= 11 is 6.54. The molecule has 0 saturated heterocycles. The van der Waals surface area contributed by atoms with Crippen LogP contribution in [0, 0.1) is 11.7 Å². The summed E-state index contributed by atoms with van der Waals surface area (Å²) in [5, 5.41) is 0.207. The Morgan fingerprint density at radius 3 is 2.12 bits per heavy atom. The molecule has 0 aliphatic heterocycles. The van der Waals surface area contributed by atoms with Crippen LogP contribution < -0.4 is 0 Å². The predicted octanol–water partition coefficient (Wildman–Crippen LogP) is 9.92. The molecule has 4 rings (SSSR count). The second kappa shape index (κ2) is 11.0. The standard InChI is InChI=1S/C31H32ClF/c1-3-5-7-23-10-14-27(15-11-23)29-21-20-28(30(32)31(29)33)26-18-16-25(17-19-26)24-12-8-22(6-4-2)9-13-24/h5,7-9,12-14,16-21,23H,3-4,6,10-11,15H2,1-2H3/b7-5+. The maximum absolute atomic E-state index is 15.3. The van der Waals surface area contributed by atoms with Crippen LogP contribution in [0.15, 0.2) is 78.9 Å². The van der Waals surface area contributed by atoms with E-state index in [0.717, 1.165) is 60.8 Å². The molecule has 1 aliphatic rings. The molecule has 0 aromatic heterocycles. The topological polar surface area (TPSA) is 0 Å². The third-order valence-corrected chi connectivity index (χ3v) is 6.92. The highest BCUT2D eigenvalue weighted by molar-refractivity contribution is 6.33. The lowest BCUT2D eigenvalue weighted by molar-refractivity contribution is 0.583. The van der Waals surface area contributed by atoms with Gasteiger partial charge in [-0.2, -0.15) is 0 Å². The molecular formula is C31H32ClF. The minimum atomic E-state index is -0.307. The average Bonchev–Trinajstić information content (AvgIpc) is 2.86. The Bertz CT molecular complexity index is 1140. The van der Waals surface area contributed by atoms with E-state index < -0.39 is 0 Å². The molecule has 3 aromatic carbocycles. The fraction of sp³-hybridized carbons (Fsp3) is 0.290. The first kappa shape index (κ1) is 23.5. The number of aryl methyl sites for hydroxylation is 1. The van der Waals surface area contributed by atoms with Crippen molar-refractivity contribution in [3.8, 4) is 22.3 Å². The van der Waals surface area contributed by atoms with Gasteiger partial charge in [0.05, 0.1) is 5.02 Å². The molecule has 0 nitrogen and oxygen atoms in total. The van der Waals surface area contributed by atoms with Crippen molar-refractivity contribution in [2.24, 2.45) is 5.92 Å². The van der Waals surface area contributed by atoms with Gasteiger partial charge < -0.3 is 0 Å². The van der Waals surface area contributed by atoms with Crippen molar-refractivity contribution in [1.82, 2.24) is 0 Å². The number of allylic oxidation sites excluding steroid dienone is 4. The van der Waals surface area contributed by atoms with Gasteiger partial charge in [-0.15, -0.1) is 0 Å². The number of hydrogen-bond donors (Lipinski definition) is 0. The molecule has 3 aromatic rings. The van der Waals surface area contributed by atoms with Crippen LogP contribution in [-0.2, 0) is 6.42 Å². The molecule has 0 bridgehead atoms. The molecule has 0 N–H and O–H groups in total. The Morgan fingerprint density at radius 1 is 0.879 bits per heavy atom. The van der Waals surface area contributed by atoms with Gasteiger partial charge in [0.15, 0.2) is 0 Å². The van der Waals surface area contributed by atoms with E-state index in [9.17, 15) is 0 Å². The van der Waals surface area contributed by atoms with E-state index in [4.69, 9.17) is 11.6 Å². The van der Waals surface area contributed by atoms with Gasteiger partial charge >= 0.3 is 0 Å². The highest BCUT2D eigenvalue weighted by Gasteiger charge is 2.19. The molecule has 0 heterocycles. The Morgan fingerprint density at radius 2 is 1.52 bits per heavy atom. The lowest BCUT2D eigenvalue weighted by atomic mass is 9.85. The molecule has 170 valence electrons. The fourth-order valence-electron chi connectivity index (χ4n) is 4.62. The summed E-state index contributed by atoms with van der Waals surface area (Å²) in [5.41, 5.74) is 7.08. The van der Waals surface area contributed by atoms with Crippen LogP contribution in [0.1, 0.15) is 57.1 Å². The van der Waals surface area contributed by atoms with Gasteiger partial charge in [-0.3, -0.25) is 0 Å². The summed E-state index contributed by atoms with van der Waals surface area (Å²) in [6.45, 7) is 4.35. The van der Waals surface area contributed by atoms with Crippen molar-refractivity contribution >= 4 is 17.2 Å². The smallest absolute Gasteiger partial charge is 0.149 e. The van der Waals surface area contributed by atoms with Crippen molar-refractivity contribution in [2.45, 2.75) is 52.4 Å². The third kappa shape index (κ3) is 5.47. The number of benzene rings is 3. The van der Waals surface area contributed by atoms with E-state index in [0.29, 0.717) is 11.5 Å². The van der Waals surface area contributed by atoms with Gasteiger partial charge in [-0.1, -0.05) is 111 Å². The van der Waals surface area contributed by atoms with Crippen molar-refractivity contribution in [3.05, 3.63) is 101 Å². The quantitative estimate of drug-likeness (QED) is 0.309. The first-order chi connectivity index (χ1) is 16.1. The van der Waals surface area contributed by atoms with Crippen molar-refractivity contribution in [3.63, 3.8) is 0 Å². The van der Waals surface area contributed by atoms with E-state index in [2.05, 4.69) is 68.5 Å². The van der Waals surface area contributed by atoms with Gasteiger partial charge in [-0.05, 0) is 65.8 Å². The van der Waals surface area contributed by atoms with Gasteiger partial charge in [0.25, 0.3) is 0 Å². The molecule has 0 fully saturated rings. The molecular weight excluding hydrogens is 427 g/mol. The fourth-order valence-corrected chi connectivity index (χ4v) is 4.89. The molecule has 0 saturated carbocycles. The number of rotatable bonds is 7. The Hall–Kier alpha value is -2.64. The summed E-state index contributed by atoms with van der Waals surface area (Å²) in [7, 11) is 0. The highest BCUT2D eigenvalue weighted by atomic mass is 35.5. The van der Waals surface area contributed by atoms with E-state index >= 15 is 4.39 Å². The van der Waals surface area contributed by atoms with Crippen LogP contribution in [0.25, 0.3) is 27.8 Å². The molecule has 0 spiro atoms. The SMILES string of the molecule is CC/C=C/C1CC=C(c2ccc(-c3ccc(-c4ccc(CCC)cc4)cc3)c(Cl)c2F)CC1. The molecule has 1 aliphatic carbocycles. The second-order valence-corrected chi connectivity index (χ2v) is 9.29. The van der Waals surface area contributed by atoms with Crippen molar-refractivity contribution in [2.75, 3.05) is 0 Å². The first-order valence-electron chi connectivity index (χ1n) is 12.1. The van der Waals surface area contributed by atoms with Gasteiger partial charge in [0.2, 0.25) is 0 Å². The second-order valence-electron chi connectivity index (χ2n) is 8.91. The van der Waals surface area contributed by atoms with E-state index in [1.54, 1.807) is 0 Å². The zero-order valence-corrected chi connectivity index (χ0v) is 20.3. The molecule has 1 atom stereocenters. The zero-order chi connectivity index (χ0) is 23.2. The summed E-state index contributed by atoms with van der Waals surface area (Å²) in [4.78, 5) is 0. The predicted molar refractivity (Wildman–Crippen MR) is 141 cm³/mol. The van der Waals surface area contributed by atoms with Crippen molar-refractivity contribution in [1.29, 1.82) is 0 Å². The molecule has 0 amide bonds. The highest BCUT2D eigenvalue weighted by Crippen LogP contribution is 2.38. The van der Waals surface area contributed by atoms with E-state index in [1.807, 2.05) is 24.3 Å². The monoisotopic (exact) mass is 458 g/mol. The van der Waals surface area contributed by atoms with Crippen LogP contribution in [0.2, 0.25) is 5.02 Å². The minimum absolute atomic E-state index is 0.207. The summed E-state index contributed by atoms with van der Waals surface area (Å²) in [6, 6.07) is 20.8. The average molecular weight is 459 g/mol. The lowest BCUT2D eigenvalue weighted by Crippen LogP contribution is -2.04. The summed E-state index contributed by atoms with van der Waals surface area (Å²) < 4.78 is 15.3. The molecule has 33 heavy (non-hydrogen) atoms. The molecule has 1 unspecified atom stereocenters. The van der Waals surface area contributed by atoms with E-state index in [-0.39, 0.29) is 10.8 Å². The van der Waals surface area contributed by atoms with Gasteiger partial charge in [0, 0.05) is 11.1 Å². The molecule has 2 heteroatoms. The summed E-state index contributed by atoms with van der Waals surface area (Å²) in [6.07, 6.45) is 12.9. The molecule has 0 radical (unpaired) electrons. The Kier molecular flexibility index (Phi) is 7.83. The first-order valence-corrected chi connectivity index (χ1v) is 12.5. The van der Waals surface area contributed by atoms with E-state index in [1.165, 1.54) is 11.1 Å². The Balaban J connectivity index is 1.53.